The predicted octanol–water partition coefficient (Wildman–Crippen LogP) is 1.51. The molecule has 2 aliphatic rings. The first-order valence-corrected chi connectivity index (χ1v) is 9.08. The molecule has 2 fully saturated rings. The standard InChI is InChI=1S/C15H22N2O3S/c18-21(19,17-13-5-6-13)15-4-2-1-3-14(15)20-10-8-12-7-9-16-11-12/h1-4,12-13,16-17H,5-11H2. The molecule has 1 saturated heterocycles. The van der Waals surface area contributed by atoms with E-state index < -0.39 is 10.0 Å². The number of sulfonamides is 1. The highest BCUT2D eigenvalue weighted by molar-refractivity contribution is 7.89. The average molecular weight is 310 g/mol. The number of para-hydroxylation sites is 1. The first-order chi connectivity index (χ1) is 10.1. The fourth-order valence-electron chi connectivity index (χ4n) is 2.57. The van der Waals surface area contributed by atoms with Crippen LogP contribution >= 0.6 is 0 Å². The molecule has 5 nitrogen and oxygen atoms in total. The minimum atomic E-state index is -3.46. The number of rotatable bonds is 7. The van der Waals surface area contributed by atoms with Crippen molar-refractivity contribution in [3.63, 3.8) is 0 Å². The van der Waals surface area contributed by atoms with Crippen molar-refractivity contribution in [1.29, 1.82) is 0 Å². The Morgan fingerprint density at radius 2 is 2.05 bits per heavy atom. The van der Waals surface area contributed by atoms with Gasteiger partial charge >= 0.3 is 0 Å². The van der Waals surface area contributed by atoms with E-state index >= 15 is 0 Å². The minimum Gasteiger partial charge on any atom is -0.492 e. The van der Waals surface area contributed by atoms with Crippen LogP contribution in [-0.2, 0) is 10.0 Å². The van der Waals surface area contributed by atoms with Crippen molar-refractivity contribution in [3.8, 4) is 5.75 Å². The van der Waals surface area contributed by atoms with E-state index in [9.17, 15) is 8.42 Å². The monoisotopic (exact) mass is 310 g/mol. The van der Waals surface area contributed by atoms with Gasteiger partial charge in [0.2, 0.25) is 10.0 Å². The summed E-state index contributed by atoms with van der Waals surface area (Å²) in [5.74, 6) is 1.09. The number of nitrogens with one attached hydrogen (secondary N) is 2. The van der Waals surface area contributed by atoms with Crippen LogP contribution in [0.4, 0.5) is 0 Å². The molecule has 0 amide bonds. The zero-order valence-electron chi connectivity index (χ0n) is 12.0. The van der Waals surface area contributed by atoms with Gasteiger partial charge in [-0.15, -0.1) is 0 Å². The number of hydrogen-bond acceptors (Lipinski definition) is 4. The molecule has 1 atom stereocenters. The molecular formula is C15H22N2O3S. The van der Waals surface area contributed by atoms with Crippen molar-refractivity contribution < 1.29 is 13.2 Å². The number of hydrogen-bond donors (Lipinski definition) is 2. The van der Waals surface area contributed by atoms with Crippen molar-refractivity contribution in [1.82, 2.24) is 10.0 Å². The molecule has 1 aliphatic heterocycles. The highest BCUT2D eigenvalue weighted by Gasteiger charge is 2.29. The maximum atomic E-state index is 12.3. The summed E-state index contributed by atoms with van der Waals surface area (Å²) < 4.78 is 33.1. The van der Waals surface area contributed by atoms with Crippen LogP contribution < -0.4 is 14.8 Å². The molecule has 3 rings (SSSR count). The van der Waals surface area contributed by atoms with Crippen molar-refractivity contribution in [2.45, 2.75) is 36.6 Å². The van der Waals surface area contributed by atoms with E-state index in [1.54, 1.807) is 18.2 Å². The summed E-state index contributed by atoms with van der Waals surface area (Å²) >= 11 is 0. The highest BCUT2D eigenvalue weighted by atomic mass is 32.2. The molecule has 1 aromatic carbocycles. The quantitative estimate of drug-likeness (QED) is 0.801. The van der Waals surface area contributed by atoms with Gasteiger partial charge in [-0.1, -0.05) is 12.1 Å². The lowest BCUT2D eigenvalue weighted by Gasteiger charge is -2.14. The van der Waals surface area contributed by atoms with E-state index in [1.165, 1.54) is 6.42 Å². The van der Waals surface area contributed by atoms with E-state index in [4.69, 9.17) is 4.74 Å². The normalized spacial score (nSPS) is 22.4. The van der Waals surface area contributed by atoms with Crippen LogP contribution in [0.1, 0.15) is 25.7 Å². The largest absolute Gasteiger partial charge is 0.492 e. The van der Waals surface area contributed by atoms with Crippen LogP contribution in [-0.4, -0.2) is 34.2 Å². The van der Waals surface area contributed by atoms with Gasteiger partial charge in [0.15, 0.2) is 0 Å². The van der Waals surface area contributed by atoms with Gasteiger partial charge in [0.1, 0.15) is 10.6 Å². The second-order valence-electron chi connectivity index (χ2n) is 5.84. The van der Waals surface area contributed by atoms with E-state index in [0.717, 1.165) is 32.4 Å². The molecule has 1 saturated carbocycles. The summed E-state index contributed by atoms with van der Waals surface area (Å²) in [7, 11) is -3.46. The first kappa shape index (κ1) is 14.8. The van der Waals surface area contributed by atoms with Gasteiger partial charge in [0, 0.05) is 6.04 Å². The fourth-order valence-corrected chi connectivity index (χ4v) is 4.02. The van der Waals surface area contributed by atoms with Crippen molar-refractivity contribution in [3.05, 3.63) is 24.3 Å². The molecule has 21 heavy (non-hydrogen) atoms. The van der Waals surface area contributed by atoms with Gasteiger partial charge in [-0.2, -0.15) is 0 Å². The molecule has 1 heterocycles. The zero-order chi connectivity index (χ0) is 14.7. The Morgan fingerprint density at radius 1 is 1.24 bits per heavy atom. The van der Waals surface area contributed by atoms with Crippen LogP contribution in [0.3, 0.4) is 0 Å². The summed E-state index contributed by atoms with van der Waals surface area (Å²) in [5.41, 5.74) is 0. The molecule has 116 valence electrons. The third-order valence-electron chi connectivity index (χ3n) is 3.98. The van der Waals surface area contributed by atoms with Gasteiger partial charge in [0.05, 0.1) is 6.61 Å². The summed E-state index contributed by atoms with van der Waals surface area (Å²) in [6.07, 6.45) is 3.98. The van der Waals surface area contributed by atoms with Gasteiger partial charge in [-0.05, 0) is 56.8 Å². The van der Waals surface area contributed by atoms with Crippen LogP contribution in [0.2, 0.25) is 0 Å². The van der Waals surface area contributed by atoms with Crippen LogP contribution in [0.25, 0.3) is 0 Å². The Balaban J connectivity index is 1.64. The lowest BCUT2D eigenvalue weighted by atomic mass is 10.1. The Hall–Kier alpha value is -1.11. The lowest BCUT2D eigenvalue weighted by molar-refractivity contribution is 0.277. The van der Waals surface area contributed by atoms with Crippen LogP contribution in [0, 0.1) is 5.92 Å². The molecule has 0 bridgehead atoms. The zero-order valence-corrected chi connectivity index (χ0v) is 12.9. The Morgan fingerprint density at radius 3 is 2.76 bits per heavy atom. The molecule has 6 heteroatoms. The lowest BCUT2D eigenvalue weighted by Crippen LogP contribution is -2.26. The third kappa shape index (κ3) is 3.96. The Kier molecular flexibility index (Phi) is 4.47. The van der Waals surface area contributed by atoms with Gasteiger partial charge in [-0.25, -0.2) is 13.1 Å². The maximum absolute atomic E-state index is 12.3. The van der Waals surface area contributed by atoms with E-state index in [2.05, 4.69) is 10.0 Å². The van der Waals surface area contributed by atoms with Crippen molar-refractivity contribution >= 4 is 10.0 Å². The van der Waals surface area contributed by atoms with E-state index in [0.29, 0.717) is 18.3 Å². The van der Waals surface area contributed by atoms with Crippen LogP contribution in [0.5, 0.6) is 5.75 Å². The van der Waals surface area contributed by atoms with Crippen molar-refractivity contribution in [2.24, 2.45) is 5.92 Å². The highest BCUT2D eigenvalue weighted by Crippen LogP contribution is 2.27. The molecule has 1 aliphatic carbocycles. The first-order valence-electron chi connectivity index (χ1n) is 7.60. The van der Waals surface area contributed by atoms with Gasteiger partial charge < -0.3 is 10.1 Å². The summed E-state index contributed by atoms with van der Waals surface area (Å²) in [5, 5.41) is 3.32. The average Bonchev–Trinajstić information content (AvgIpc) is 3.11. The molecule has 0 aromatic heterocycles. The smallest absolute Gasteiger partial charge is 0.244 e. The minimum absolute atomic E-state index is 0.104. The number of ether oxygens (including phenoxy) is 1. The number of benzene rings is 1. The van der Waals surface area contributed by atoms with Gasteiger partial charge in [0.25, 0.3) is 0 Å². The predicted molar refractivity (Wildman–Crippen MR) is 80.9 cm³/mol. The maximum Gasteiger partial charge on any atom is 0.244 e. The van der Waals surface area contributed by atoms with E-state index in [-0.39, 0.29) is 10.9 Å². The SMILES string of the molecule is O=S(=O)(NC1CC1)c1ccccc1OCCC1CCNC1. The molecule has 2 N–H and O–H groups in total. The Bertz CT molecular complexity index is 578. The molecule has 0 radical (unpaired) electrons. The summed E-state index contributed by atoms with van der Waals surface area (Å²) in [4.78, 5) is 0.251. The molecular weight excluding hydrogens is 288 g/mol. The fraction of sp³-hybridized carbons (Fsp3) is 0.600. The van der Waals surface area contributed by atoms with E-state index in [1.807, 2.05) is 6.07 Å². The second kappa shape index (κ2) is 6.34. The second-order valence-corrected chi connectivity index (χ2v) is 7.52. The summed E-state index contributed by atoms with van der Waals surface area (Å²) in [6.45, 7) is 2.66. The molecule has 0 spiro atoms. The topological polar surface area (TPSA) is 67.4 Å². The van der Waals surface area contributed by atoms with Crippen molar-refractivity contribution in [2.75, 3.05) is 19.7 Å². The van der Waals surface area contributed by atoms with Crippen LogP contribution in [0.15, 0.2) is 29.2 Å². The van der Waals surface area contributed by atoms with Gasteiger partial charge in [-0.3, -0.25) is 0 Å². The summed E-state index contributed by atoms with van der Waals surface area (Å²) in [6, 6.07) is 6.98. The molecule has 1 aromatic rings. The molecule has 1 unspecified atom stereocenters. The third-order valence-corrected chi connectivity index (χ3v) is 5.54. The Labute approximate surface area is 126 Å².